The summed E-state index contributed by atoms with van der Waals surface area (Å²) in [5.74, 6) is 0.562. The monoisotopic (exact) mass is 350 g/mol. The van der Waals surface area contributed by atoms with Gasteiger partial charge in [0.1, 0.15) is 5.54 Å². The third-order valence-electron chi connectivity index (χ3n) is 6.18. The van der Waals surface area contributed by atoms with Crippen LogP contribution in [-0.4, -0.2) is 28.8 Å². The number of rotatable bonds is 4. The van der Waals surface area contributed by atoms with Crippen molar-refractivity contribution in [2.45, 2.75) is 51.0 Å². The van der Waals surface area contributed by atoms with E-state index in [0.29, 0.717) is 18.9 Å². The van der Waals surface area contributed by atoms with Crippen molar-refractivity contribution in [3.05, 3.63) is 42.5 Å². The Morgan fingerprint density at radius 2 is 1.85 bits per heavy atom. The zero-order valence-corrected chi connectivity index (χ0v) is 15.3. The second-order valence-corrected chi connectivity index (χ2v) is 7.90. The standard InChI is InChI=1S/C22H26N2O2/c1-22(13-14-24(22)20(25)15-16-7-2-3-8-16)21(26)23-19-12-6-10-17-9-4-5-11-18(17)19/h4-6,9-12,16H,2-3,7-8,13-15H2,1H3,(H,23,26). The molecule has 1 saturated heterocycles. The van der Waals surface area contributed by atoms with Crippen LogP contribution >= 0.6 is 0 Å². The van der Waals surface area contributed by atoms with E-state index in [1.54, 1.807) is 4.90 Å². The minimum absolute atomic E-state index is 0.0834. The third kappa shape index (κ3) is 2.98. The quantitative estimate of drug-likeness (QED) is 0.891. The predicted octanol–water partition coefficient (Wildman–Crippen LogP) is 4.35. The number of hydrogen-bond donors (Lipinski definition) is 1. The molecule has 4 rings (SSSR count). The summed E-state index contributed by atoms with van der Waals surface area (Å²) in [6, 6.07) is 13.9. The summed E-state index contributed by atoms with van der Waals surface area (Å²) in [7, 11) is 0. The van der Waals surface area contributed by atoms with Crippen LogP contribution in [0.5, 0.6) is 0 Å². The van der Waals surface area contributed by atoms with E-state index < -0.39 is 5.54 Å². The molecule has 4 nitrogen and oxygen atoms in total. The van der Waals surface area contributed by atoms with Crippen LogP contribution in [0, 0.1) is 5.92 Å². The number of nitrogens with one attached hydrogen (secondary N) is 1. The second-order valence-electron chi connectivity index (χ2n) is 7.90. The van der Waals surface area contributed by atoms with Gasteiger partial charge < -0.3 is 10.2 Å². The third-order valence-corrected chi connectivity index (χ3v) is 6.18. The van der Waals surface area contributed by atoms with Gasteiger partial charge in [0.15, 0.2) is 0 Å². The molecule has 0 aromatic heterocycles. The van der Waals surface area contributed by atoms with E-state index in [-0.39, 0.29) is 11.8 Å². The molecule has 2 fully saturated rings. The molecule has 4 heteroatoms. The van der Waals surface area contributed by atoms with Crippen LogP contribution < -0.4 is 5.32 Å². The largest absolute Gasteiger partial charge is 0.328 e. The van der Waals surface area contributed by atoms with Gasteiger partial charge in [-0.05, 0) is 43.6 Å². The normalized spacial score (nSPS) is 23.0. The number of likely N-dealkylation sites (tertiary alicyclic amines) is 1. The van der Waals surface area contributed by atoms with Gasteiger partial charge in [0.05, 0.1) is 0 Å². The Morgan fingerprint density at radius 3 is 2.58 bits per heavy atom. The average Bonchev–Trinajstić information content (AvgIpc) is 3.13. The summed E-state index contributed by atoms with van der Waals surface area (Å²) < 4.78 is 0. The molecule has 1 atom stereocenters. The lowest BCUT2D eigenvalue weighted by Crippen LogP contribution is -2.66. The zero-order chi connectivity index (χ0) is 18.1. The number of hydrogen-bond acceptors (Lipinski definition) is 2. The van der Waals surface area contributed by atoms with Crippen LogP contribution in [0.4, 0.5) is 5.69 Å². The maximum atomic E-state index is 13.0. The summed E-state index contributed by atoms with van der Waals surface area (Å²) in [4.78, 5) is 27.5. The molecule has 26 heavy (non-hydrogen) atoms. The molecule has 1 aliphatic heterocycles. The van der Waals surface area contributed by atoms with Gasteiger partial charge in [-0.3, -0.25) is 9.59 Å². The van der Waals surface area contributed by atoms with Gasteiger partial charge in [-0.15, -0.1) is 0 Å². The fourth-order valence-electron chi connectivity index (χ4n) is 4.36. The molecule has 2 aromatic carbocycles. The molecule has 1 saturated carbocycles. The fourth-order valence-corrected chi connectivity index (χ4v) is 4.36. The number of nitrogens with zero attached hydrogens (tertiary/aromatic N) is 1. The molecule has 1 aliphatic carbocycles. The minimum Gasteiger partial charge on any atom is -0.328 e. The van der Waals surface area contributed by atoms with E-state index in [9.17, 15) is 9.59 Å². The molecular weight excluding hydrogens is 324 g/mol. The van der Waals surface area contributed by atoms with E-state index in [0.717, 1.165) is 35.7 Å². The number of benzene rings is 2. The van der Waals surface area contributed by atoms with Crippen LogP contribution in [0.3, 0.4) is 0 Å². The van der Waals surface area contributed by atoms with Gasteiger partial charge in [0, 0.05) is 24.0 Å². The van der Waals surface area contributed by atoms with Crippen LogP contribution in [0.15, 0.2) is 42.5 Å². The predicted molar refractivity (Wildman–Crippen MR) is 104 cm³/mol. The fraction of sp³-hybridized carbons (Fsp3) is 0.455. The first kappa shape index (κ1) is 17.1. The SMILES string of the molecule is CC1(C(=O)Nc2cccc3ccccc23)CCN1C(=O)CC1CCCC1. The lowest BCUT2D eigenvalue weighted by molar-refractivity contribution is -0.155. The first-order valence-corrected chi connectivity index (χ1v) is 9.67. The molecular formula is C22H26N2O2. The topological polar surface area (TPSA) is 49.4 Å². The summed E-state index contributed by atoms with van der Waals surface area (Å²) in [6.45, 7) is 2.58. The van der Waals surface area contributed by atoms with Gasteiger partial charge in [-0.25, -0.2) is 0 Å². The van der Waals surface area contributed by atoms with Crippen molar-refractivity contribution < 1.29 is 9.59 Å². The second kappa shape index (κ2) is 6.75. The van der Waals surface area contributed by atoms with Crippen molar-refractivity contribution in [2.24, 2.45) is 5.92 Å². The highest BCUT2D eigenvalue weighted by Crippen LogP contribution is 2.36. The van der Waals surface area contributed by atoms with E-state index in [2.05, 4.69) is 5.32 Å². The highest BCUT2D eigenvalue weighted by molar-refractivity contribution is 6.07. The number of amides is 2. The van der Waals surface area contributed by atoms with Crippen LogP contribution in [0.1, 0.15) is 45.4 Å². The van der Waals surface area contributed by atoms with Crippen molar-refractivity contribution in [3.63, 3.8) is 0 Å². The van der Waals surface area contributed by atoms with Gasteiger partial charge in [-0.1, -0.05) is 49.2 Å². The molecule has 2 aliphatic rings. The van der Waals surface area contributed by atoms with E-state index >= 15 is 0 Å². The number of fused-ring (bicyclic) bond motifs is 1. The maximum Gasteiger partial charge on any atom is 0.250 e. The molecule has 0 spiro atoms. The Kier molecular flexibility index (Phi) is 4.43. The molecule has 1 unspecified atom stereocenters. The maximum absolute atomic E-state index is 13.0. The summed E-state index contributed by atoms with van der Waals surface area (Å²) in [6.07, 6.45) is 6.09. The van der Waals surface area contributed by atoms with Crippen LogP contribution in [0.25, 0.3) is 10.8 Å². The van der Waals surface area contributed by atoms with Crippen molar-refractivity contribution in [1.29, 1.82) is 0 Å². The van der Waals surface area contributed by atoms with Gasteiger partial charge in [-0.2, -0.15) is 0 Å². The van der Waals surface area contributed by atoms with Crippen molar-refractivity contribution in [2.75, 3.05) is 11.9 Å². The molecule has 2 aromatic rings. The summed E-state index contributed by atoms with van der Waals surface area (Å²) >= 11 is 0. The first-order chi connectivity index (χ1) is 12.6. The lowest BCUT2D eigenvalue weighted by atomic mass is 9.84. The van der Waals surface area contributed by atoms with Crippen molar-refractivity contribution in [1.82, 2.24) is 4.90 Å². The highest BCUT2D eigenvalue weighted by Gasteiger charge is 2.49. The van der Waals surface area contributed by atoms with Crippen LogP contribution in [-0.2, 0) is 9.59 Å². The van der Waals surface area contributed by atoms with Gasteiger partial charge in [0.2, 0.25) is 11.8 Å². The van der Waals surface area contributed by atoms with Crippen molar-refractivity contribution in [3.8, 4) is 0 Å². The average molecular weight is 350 g/mol. The van der Waals surface area contributed by atoms with Gasteiger partial charge in [0.25, 0.3) is 0 Å². The molecule has 0 bridgehead atoms. The Morgan fingerprint density at radius 1 is 1.12 bits per heavy atom. The molecule has 1 heterocycles. The van der Waals surface area contributed by atoms with Crippen LogP contribution in [0.2, 0.25) is 0 Å². The molecule has 0 radical (unpaired) electrons. The Bertz CT molecular complexity index is 836. The number of carbonyl (C=O) groups is 2. The van der Waals surface area contributed by atoms with Gasteiger partial charge >= 0.3 is 0 Å². The van der Waals surface area contributed by atoms with Crippen molar-refractivity contribution >= 4 is 28.3 Å². The molecule has 2 amide bonds. The Balaban J connectivity index is 1.49. The lowest BCUT2D eigenvalue weighted by Gasteiger charge is -2.49. The summed E-state index contributed by atoms with van der Waals surface area (Å²) in [5.41, 5.74) is 0.0801. The van der Waals surface area contributed by atoms with E-state index in [1.807, 2.05) is 49.4 Å². The minimum atomic E-state index is -0.730. The smallest absolute Gasteiger partial charge is 0.250 e. The van der Waals surface area contributed by atoms with E-state index in [1.165, 1.54) is 12.8 Å². The Labute approximate surface area is 154 Å². The summed E-state index contributed by atoms with van der Waals surface area (Å²) in [5, 5.41) is 5.19. The Hall–Kier alpha value is -2.36. The zero-order valence-electron chi connectivity index (χ0n) is 15.3. The number of anilines is 1. The molecule has 1 N–H and O–H groups in total. The number of carbonyl (C=O) groups excluding carboxylic acids is 2. The highest BCUT2D eigenvalue weighted by atomic mass is 16.2. The van der Waals surface area contributed by atoms with E-state index in [4.69, 9.17) is 0 Å². The first-order valence-electron chi connectivity index (χ1n) is 9.67. The molecule has 136 valence electrons.